The molecule has 5 heteroatoms. The lowest BCUT2D eigenvalue weighted by Crippen LogP contribution is -2.47. The first-order chi connectivity index (χ1) is 13.8. The Labute approximate surface area is 168 Å². The number of para-hydroxylation sites is 1. The Bertz CT molecular complexity index is 689. The standard InChI is InChI=1S/C23H33N3O2/c27-23(20-17-19-7-2-3-8-22(19)28-18-20)24-11-6-12-25-15-9-21(10-16-25)26-13-4-1-5-14-26/h2-3,7-8,17,21H,1,4-6,9-16,18H2,(H,24,27). The van der Waals surface area contributed by atoms with E-state index in [9.17, 15) is 4.79 Å². The summed E-state index contributed by atoms with van der Waals surface area (Å²) in [7, 11) is 0. The van der Waals surface area contributed by atoms with Gasteiger partial charge in [-0.1, -0.05) is 24.6 Å². The van der Waals surface area contributed by atoms with Crippen molar-refractivity contribution in [3.63, 3.8) is 0 Å². The van der Waals surface area contributed by atoms with Crippen molar-refractivity contribution in [3.8, 4) is 5.75 Å². The number of rotatable bonds is 6. The highest BCUT2D eigenvalue weighted by molar-refractivity contribution is 5.99. The van der Waals surface area contributed by atoms with Gasteiger partial charge in [0, 0.05) is 18.2 Å². The molecule has 5 nitrogen and oxygen atoms in total. The molecular formula is C23H33N3O2. The molecule has 3 aliphatic heterocycles. The van der Waals surface area contributed by atoms with Gasteiger partial charge in [0.05, 0.1) is 5.57 Å². The molecule has 0 saturated carbocycles. The van der Waals surface area contributed by atoms with Gasteiger partial charge in [0.15, 0.2) is 0 Å². The Morgan fingerprint density at radius 3 is 2.68 bits per heavy atom. The largest absolute Gasteiger partial charge is 0.488 e. The van der Waals surface area contributed by atoms with Gasteiger partial charge in [0.2, 0.25) is 0 Å². The second kappa shape index (κ2) is 9.57. The van der Waals surface area contributed by atoms with E-state index in [4.69, 9.17) is 4.74 Å². The molecular weight excluding hydrogens is 350 g/mol. The number of likely N-dealkylation sites (tertiary alicyclic amines) is 2. The van der Waals surface area contributed by atoms with Gasteiger partial charge in [0.25, 0.3) is 5.91 Å². The normalized spacial score (nSPS) is 21.5. The minimum atomic E-state index is -0.00157. The van der Waals surface area contributed by atoms with Gasteiger partial charge in [-0.3, -0.25) is 4.79 Å². The highest BCUT2D eigenvalue weighted by Crippen LogP contribution is 2.25. The molecule has 1 amide bonds. The van der Waals surface area contributed by atoms with Crippen molar-refractivity contribution in [2.45, 2.75) is 44.6 Å². The van der Waals surface area contributed by atoms with Crippen LogP contribution in [0.2, 0.25) is 0 Å². The molecule has 2 saturated heterocycles. The van der Waals surface area contributed by atoms with Crippen LogP contribution in [0, 0.1) is 0 Å². The smallest absolute Gasteiger partial charge is 0.250 e. The van der Waals surface area contributed by atoms with Crippen LogP contribution in [-0.4, -0.2) is 67.6 Å². The number of hydrogen-bond donors (Lipinski definition) is 1. The molecule has 3 heterocycles. The van der Waals surface area contributed by atoms with Crippen LogP contribution >= 0.6 is 0 Å². The number of piperidine rings is 2. The van der Waals surface area contributed by atoms with Crippen LogP contribution in [0.25, 0.3) is 6.08 Å². The predicted octanol–water partition coefficient (Wildman–Crippen LogP) is 2.92. The third kappa shape index (κ3) is 4.95. The first-order valence-corrected chi connectivity index (χ1v) is 11.0. The van der Waals surface area contributed by atoms with E-state index in [0.29, 0.717) is 12.2 Å². The third-order valence-corrected chi connectivity index (χ3v) is 6.32. The fourth-order valence-corrected chi connectivity index (χ4v) is 4.66. The maximum Gasteiger partial charge on any atom is 0.250 e. The van der Waals surface area contributed by atoms with Gasteiger partial charge >= 0.3 is 0 Å². The maximum atomic E-state index is 12.4. The van der Waals surface area contributed by atoms with Crippen molar-refractivity contribution in [3.05, 3.63) is 35.4 Å². The van der Waals surface area contributed by atoms with E-state index in [2.05, 4.69) is 15.1 Å². The number of benzene rings is 1. The average molecular weight is 384 g/mol. The second-order valence-corrected chi connectivity index (χ2v) is 8.27. The summed E-state index contributed by atoms with van der Waals surface area (Å²) in [5.41, 5.74) is 1.69. The van der Waals surface area contributed by atoms with Gasteiger partial charge in [-0.2, -0.15) is 0 Å². The molecule has 0 radical (unpaired) electrons. The van der Waals surface area contributed by atoms with E-state index in [0.717, 1.165) is 36.9 Å². The first-order valence-electron chi connectivity index (χ1n) is 11.0. The summed E-state index contributed by atoms with van der Waals surface area (Å²) in [6, 6.07) is 8.64. The van der Waals surface area contributed by atoms with Crippen LogP contribution < -0.4 is 10.1 Å². The number of hydrogen-bond acceptors (Lipinski definition) is 4. The molecule has 0 bridgehead atoms. The minimum absolute atomic E-state index is 0.00157. The summed E-state index contributed by atoms with van der Waals surface area (Å²) in [6.45, 7) is 7.17. The quantitative estimate of drug-likeness (QED) is 0.767. The molecule has 1 aromatic rings. The van der Waals surface area contributed by atoms with Crippen molar-refractivity contribution < 1.29 is 9.53 Å². The highest BCUT2D eigenvalue weighted by Gasteiger charge is 2.25. The molecule has 28 heavy (non-hydrogen) atoms. The van der Waals surface area contributed by atoms with Gasteiger partial charge in [-0.25, -0.2) is 0 Å². The molecule has 4 rings (SSSR count). The molecule has 0 atom stereocenters. The van der Waals surface area contributed by atoms with E-state index < -0.39 is 0 Å². The van der Waals surface area contributed by atoms with E-state index >= 15 is 0 Å². The summed E-state index contributed by atoms with van der Waals surface area (Å²) in [6.07, 6.45) is 9.73. The molecule has 1 aromatic carbocycles. The van der Waals surface area contributed by atoms with Crippen LogP contribution in [0.15, 0.2) is 29.8 Å². The Morgan fingerprint density at radius 2 is 1.86 bits per heavy atom. The Kier molecular flexibility index (Phi) is 6.65. The molecule has 0 spiro atoms. The Hall–Kier alpha value is -1.85. The van der Waals surface area contributed by atoms with Gasteiger partial charge in [0.1, 0.15) is 12.4 Å². The van der Waals surface area contributed by atoms with Crippen LogP contribution in [0.4, 0.5) is 0 Å². The van der Waals surface area contributed by atoms with Gasteiger partial charge < -0.3 is 19.9 Å². The number of nitrogens with zero attached hydrogens (tertiary/aromatic N) is 2. The van der Waals surface area contributed by atoms with Crippen LogP contribution in [0.5, 0.6) is 5.75 Å². The van der Waals surface area contributed by atoms with E-state index in [1.807, 2.05) is 30.3 Å². The molecule has 3 aliphatic rings. The summed E-state index contributed by atoms with van der Waals surface area (Å²) >= 11 is 0. The molecule has 152 valence electrons. The second-order valence-electron chi connectivity index (χ2n) is 8.27. The number of ether oxygens (including phenoxy) is 1. The van der Waals surface area contributed by atoms with E-state index in [-0.39, 0.29) is 5.91 Å². The van der Waals surface area contributed by atoms with Crippen LogP contribution in [-0.2, 0) is 4.79 Å². The summed E-state index contributed by atoms with van der Waals surface area (Å²) < 4.78 is 5.68. The predicted molar refractivity (Wildman–Crippen MR) is 112 cm³/mol. The zero-order valence-electron chi connectivity index (χ0n) is 16.9. The van der Waals surface area contributed by atoms with E-state index in [1.54, 1.807) is 0 Å². The van der Waals surface area contributed by atoms with Crippen LogP contribution in [0.1, 0.15) is 44.1 Å². The molecule has 2 fully saturated rings. The zero-order valence-corrected chi connectivity index (χ0v) is 16.9. The van der Waals surface area contributed by atoms with Crippen LogP contribution in [0.3, 0.4) is 0 Å². The summed E-state index contributed by atoms with van der Waals surface area (Å²) in [5.74, 6) is 0.852. The van der Waals surface area contributed by atoms with Gasteiger partial charge in [-0.05, 0) is 77.0 Å². The molecule has 0 unspecified atom stereocenters. The maximum absolute atomic E-state index is 12.4. The lowest BCUT2D eigenvalue weighted by atomic mass is 10.00. The molecule has 1 N–H and O–H groups in total. The van der Waals surface area contributed by atoms with Crippen molar-refractivity contribution in [2.24, 2.45) is 0 Å². The summed E-state index contributed by atoms with van der Waals surface area (Å²) in [5, 5.41) is 3.06. The summed E-state index contributed by atoms with van der Waals surface area (Å²) in [4.78, 5) is 17.7. The highest BCUT2D eigenvalue weighted by atomic mass is 16.5. The zero-order chi connectivity index (χ0) is 19.2. The topological polar surface area (TPSA) is 44.8 Å². The Morgan fingerprint density at radius 1 is 1.07 bits per heavy atom. The van der Waals surface area contributed by atoms with Crippen molar-refractivity contribution in [2.75, 3.05) is 45.9 Å². The molecule has 0 aliphatic carbocycles. The van der Waals surface area contributed by atoms with Crippen molar-refractivity contribution in [1.82, 2.24) is 15.1 Å². The number of amides is 1. The van der Waals surface area contributed by atoms with E-state index in [1.165, 1.54) is 58.3 Å². The lowest BCUT2D eigenvalue weighted by Gasteiger charge is -2.40. The fourth-order valence-electron chi connectivity index (χ4n) is 4.66. The van der Waals surface area contributed by atoms with Gasteiger partial charge in [-0.15, -0.1) is 0 Å². The monoisotopic (exact) mass is 383 g/mol. The minimum Gasteiger partial charge on any atom is -0.488 e. The number of nitrogens with one attached hydrogen (secondary N) is 1. The van der Waals surface area contributed by atoms with Crippen molar-refractivity contribution >= 4 is 12.0 Å². The third-order valence-electron chi connectivity index (χ3n) is 6.32. The fraction of sp³-hybridized carbons (Fsp3) is 0.609. The number of carbonyl (C=O) groups excluding carboxylic acids is 1. The van der Waals surface area contributed by atoms with Crippen molar-refractivity contribution in [1.29, 1.82) is 0 Å². The lowest BCUT2D eigenvalue weighted by molar-refractivity contribution is -0.117. The average Bonchev–Trinajstić information content (AvgIpc) is 2.77. The number of fused-ring (bicyclic) bond motifs is 1. The Balaban J connectivity index is 1.14. The number of carbonyl (C=O) groups is 1. The molecule has 0 aromatic heterocycles. The SMILES string of the molecule is O=C(NCCCN1CCC(N2CCCCC2)CC1)C1=Cc2ccccc2OC1. The first kappa shape index (κ1) is 19.5.